The molecule has 1 N–H and O–H groups in total. The van der Waals surface area contributed by atoms with Crippen LogP contribution in [0.15, 0.2) is 47.5 Å². The van der Waals surface area contributed by atoms with Crippen molar-refractivity contribution in [2.45, 2.75) is 18.6 Å². The van der Waals surface area contributed by atoms with Crippen LogP contribution in [0.5, 0.6) is 5.75 Å². The predicted octanol–water partition coefficient (Wildman–Crippen LogP) is 4.98. The number of ether oxygens (including phenoxy) is 1. The number of amidine groups is 1. The molecule has 1 saturated heterocycles. The summed E-state index contributed by atoms with van der Waals surface area (Å²) in [4.78, 5) is 31.3. The van der Waals surface area contributed by atoms with Crippen LogP contribution in [-0.2, 0) is 9.59 Å². The molecule has 6 nitrogen and oxygen atoms in total. The van der Waals surface area contributed by atoms with Gasteiger partial charge in [-0.25, -0.2) is 4.99 Å². The number of amides is 2. The molecular formula is C20H19Cl2N3O3S. The zero-order valence-electron chi connectivity index (χ0n) is 15.8. The van der Waals surface area contributed by atoms with Crippen LogP contribution in [0.2, 0.25) is 10.0 Å². The lowest BCUT2D eigenvalue weighted by molar-refractivity contribution is -0.128. The van der Waals surface area contributed by atoms with Gasteiger partial charge in [-0.2, -0.15) is 0 Å². The summed E-state index contributed by atoms with van der Waals surface area (Å²) in [6.45, 7) is 2.31. The van der Waals surface area contributed by atoms with E-state index in [2.05, 4.69) is 10.3 Å². The number of rotatable bonds is 6. The molecule has 2 aromatic carbocycles. The van der Waals surface area contributed by atoms with Crippen molar-refractivity contribution < 1.29 is 14.3 Å². The van der Waals surface area contributed by atoms with E-state index < -0.39 is 5.25 Å². The van der Waals surface area contributed by atoms with Crippen LogP contribution in [0.25, 0.3) is 0 Å². The highest BCUT2D eigenvalue weighted by molar-refractivity contribution is 8.15. The molecule has 0 aromatic heterocycles. The van der Waals surface area contributed by atoms with Crippen molar-refractivity contribution in [3.63, 3.8) is 0 Å². The number of nitrogens with zero attached hydrogens (tertiary/aromatic N) is 2. The minimum Gasteiger partial charge on any atom is -0.497 e. The van der Waals surface area contributed by atoms with Gasteiger partial charge in [-0.1, -0.05) is 41.0 Å². The highest BCUT2D eigenvalue weighted by Gasteiger charge is 2.38. The maximum atomic E-state index is 12.7. The summed E-state index contributed by atoms with van der Waals surface area (Å²) < 4.78 is 5.15. The number of hydrogen-bond donors (Lipinski definition) is 1. The van der Waals surface area contributed by atoms with E-state index in [1.165, 1.54) is 11.8 Å². The van der Waals surface area contributed by atoms with Gasteiger partial charge in [-0.05, 0) is 37.3 Å². The Kier molecular flexibility index (Phi) is 7.05. The van der Waals surface area contributed by atoms with Crippen LogP contribution in [-0.4, -0.2) is 40.8 Å². The van der Waals surface area contributed by atoms with Crippen molar-refractivity contribution in [2.24, 2.45) is 4.99 Å². The van der Waals surface area contributed by atoms with Gasteiger partial charge in [0.2, 0.25) is 11.8 Å². The molecule has 0 spiro atoms. The lowest BCUT2D eigenvalue weighted by atomic mass is 10.2. The Balaban J connectivity index is 1.72. The Hall–Kier alpha value is -2.22. The second-order valence-corrected chi connectivity index (χ2v) is 8.24. The standard InChI is InChI=1S/C20H19Cl2N3O3S/c1-3-25-19(27)17(11-18(26)23-14-5-4-6-16(10-14)28-2)29-20(25)24-15-8-12(21)7-13(22)9-15/h4-10,17H,3,11H2,1-2H3,(H,23,26). The average Bonchev–Trinajstić information content (AvgIpc) is 2.95. The number of anilines is 1. The van der Waals surface area contributed by atoms with Crippen molar-refractivity contribution in [1.82, 2.24) is 4.90 Å². The molecule has 29 heavy (non-hydrogen) atoms. The molecule has 0 radical (unpaired) electrons. The molecule has 152 valence electrons. The third-order valence-electron chi connectivity index (χ3n) is 4.13. The Morgan fingerprint density at radius 2 is 1.97 bits per heavy atom. The smallest absolute Gasteiger partial charge is 0.242 e. The Labute approximate surface area is 183 Å². The normalized spacial score (nSPS) is 17.7. The number of carbonyl (C=O) groups excluding carboxylic acids is 2. The molecule has 0 saturated carbocycles. The van der Waals surface area contributed by atoms with Gasteiger partial charge in [-0.15, -0.1) is 0 Å². The van der Waals surface area contributed by atoms with Gasteiger partial charge in [0.15, 0.2) is 5.17 Å². The second kappa shape index (κ2) is 9.52. The number of aliphatic imine (C=N–C) groups is 1. The molecular weight excluding hydrogens is 433 g/mol. The van der Waals surface area contributed by atoms with Crippen molar-refractivity contribution in [3.05, 3.63) is 52.5 Å². The summed E-state index contributed by atoms with van der Waals surface area (Å²) >= 11 is 13.3. The molecule has 2 amide bonds. The predicted molar refractivity (Wildman–Crippen MR) is 119 cm³/mol. The SMILES string of the molecule is CCN1C(=O)C(CC(=O)Nc2cccc(OC)c2)SC1=Nc1cc(Cl)cc(Cl)c1. The molecule has 2 aromatic rings. The number of methoxy groups -OCH3 is 1. The van der Waals surface area contributed by atoms with Crippen molar-refractivity contribution in [2.75, 3.05) is 19.0 Å². The first kappa shape index (κ1) is 21.5. The van der Waals surface area contributed by atoms with Crippen LogP contribution in [0, 0.1) is 0 Å². The van der Waals surface area contributed by atoms with Crippen molar-refractivity contribution in [1.29, 1.82) is 0 Å². The fourth-order valence-corrected chi connectivity index (χ4v) is 4.55. The highest BCUT2D eigenvalue weighted by atomic mass is 35.5. The van der Waals surface area contributed by atoms with Gasteiger partial charge in [-0.3, -0.25) is 14.5 Å². The van der Waals surface area contributed by atoms with Crippen LogP contribution < -0.4 is 10.1 Å². The third-order valence-corrected chi connectivity index (χ3v) is 5.74. The molecule has 1 heterocycles. The summed E-state index contributed by atoms with van der Waals surface area (Å²) in [5, 5.41) is 3.70. The first-order chi connectivity index (χ1) is 13.9. The summed E-state index contributed by atoms with van der Waals surface area (Å²) in [5.74, 6) is 0.234. The highest BCUT2D eigenvalue weighted by Crippen LogP contribution is 2.33. The van der Waals surface area contributed by atoms with Crippen molar-refractivity contribution >= 4 is 63.3 Å². The Morgan fingerprint density at radius 3 is 2.62 bits per heavy atom. The monoisotopic (exact) mass is 451 g/mol. The molecule has 3 rings (SSSR count). The zero-order chi connectivity index (χ0) is 21.0. The Bertz CT molecular complexity index is 947. The van der Waals surface area contributed by atoms with Crippen molar-refractivity contribution in [3.8, 4) is 5.75 Å². The first-order valence-corrected chi connectivity index (χ1v) is 10.5. The number of thioether (sulfide) groups is 1. The maximum Gasteiger partial charge on any atom is 0.242 e. The second-order valence-electron chi connectivity index (χ2n) is 6.20. The van der Waals surface area contributed by atoms with E-state index in [0.29, 0.717) is 38.9 Å². The molecule has 1 atom stereocenters. The quantitative estimate of drug-likeness (QED) is 0.671. The van der Waals surface area contributed by atoms with Gasteiger partial charge < -0.3 is 10.1 Å². The number of hydrogen-bond acceptors (Lipinski definition) is 5. The minimum absolute atomic E-state index is 0.0343. The average molecular weight is 452 g/mol. The molecule has 9 heteroatoms. The maximum absolute atomic E-state index is 12.7. The van der Waals surface area contributed by atoms with E-state index in [0.717, 1.165) is 0 Å². The fraction of sp³-hybridized carbons (Fsp3) is 0.250. The van der Waals surface area contributed by atoms with E-state index in [4.69, 9.17) is 27.9 Å². The summed E-state index contributed by atoms with van der Waals surface area (Å²) in [7, 11) is 1.56. The number of carbonyl (C=O) groups is 2. The zero-order valence-corrected chi connectivity index (χ0v) is 18.1. The molecule has 1 aliphatic rings. The van der Waals surface area contributed by atoms with Gasteiger partial charge in [0, 0.05) is 34.8 Å². The molecule has 1 aliphatic heterocycles. The van der Waals surface area contributed by atoms with Crippen LogP contribution in [0.3, 0.4) is 0 Å². The topological polar surface area (TPSA) is 71.0 Å². The Morgan fingerprint density at radius 1 is 1.24 bits per heavy atom. The molecule has 1 unspecified atom stereocenters. The summed E-state index contributed by atoms with van der Waals surface area (Å²) in [6, 6.07) is 12.0. The number of halogens is 2. The molecule has 0 bridgehead atoms. The number of nitrogens with one attached hydrogen (secondary N) is 1. The lowest BCUT2D eigenvalue weighted by Crippen LogP contribution is -2.33. The van der Waals surface area contributed by atoms with E-state index in [1.54, 1.807) is 54.5 Å². The van der Waals surface area contributed by atoms with Gasteiger partial charge >= 0.3 is 0 Å². The first-order valence-electron chi connectivity index (χ1n) is 8.86. The van der Waals surface area contributed by atoms with Gasteiger partial charge in [0.1, 0.15) is 11.0 Å². The molecule has 1 fully saturated rings. The van der Waals surface area contributed by atoms with Gasteiger partial charge in [0.05, 0.1) is 12.8 Å². The van der Waals surface area contributed by atoms with Crippen LogP contribution >= 0.6 is 35.0 Å². The fourth-order valence-electron chi connectivity index (χ4n) is 2.81. The van der Waals surface area contributed by atoms with Crippen LogP contribution in [0.4, 0.5) is 11.4 Å². The van der Waals surface area contributed by atoms with Gasteiger partial charge in [0.25, 0.3) is 0 Å². The van der Waals surface area contributed by atoms with E-state index in [-0.39, 0.29) is 18.2 Å². The van der Waals surface area contributed by atoms with E-state index in [1.807, 2.05) is 6.92 Å². The van der Waals surface area contributed by atoms with E-state index in [9.17, 15) is 9.59 Å². The molecule has 0 aliphatic carbocycles. The van der Waals surface area contributed by atoms with Crippen LogP contribution in [0.1, 0.15) is 13.3 Å². The van der Waals surface area contributed by atoms with E-state index >= 15 is 0 Å². The summed E-state index contributed by atoms with van der Waals surface area (Å²) in [5.41, 5.74) is 1.16. The lowest BCUT2D eigenvalue weighted by Gasteiger charge is -2.13. The minimum atomic E-state index is -0.547. The summed E-state index contributed by atoms with van der Waals surface area (Å²) in [6.07, 6.45) is 0.0343. The largest absolute Gasteiger partial charge is 0.497 e. The third kappa shape index (κ3) is 5.44. The number of benzene rings is 2.